The van der Waals surface area contributed by atoms with Crippen LogP contribution in [-0.4, -0.2) is 18.0 Å². The van der Waals surface area contributed by atoms with Crippen LogP contribution < -0.4 is 5.32 Å². The minimum absolute atomic E-state index is 0.272. The number of nitrogens with one attached hydrogen (secondary N) is 1. The summed E-state index contributed by atoms with van der Waals surface area (Å²) in [6.07, 6.45) is 0. The van der Waals surface area contributed by atoms with Crippen LogP contribution in [0.1, 0.15) is 26.7 Å². The number of furan rings is 1. The van der Waals surface area contributed by atoms with Crippen molar-refractivity contribution in [3.63, 3.8) is 0 Å². The SMILES string of the molecule is COCc1c(C(=O)Nc2nc(C)c(C)s2)oc2ccccc12. The highest BCUT2D eigenvalue weighted by Crippen LogP contribution is 2.28. The number of hydrogen-bond acceptors (Lipinski definition) is 5. The van der Waals surface area contributed by atoms with Crippen LogP contribution >= 0.6 is 11.3 Å². The first-order valence-corrected chi connectivity index (χ1v) is 7.66. The van der Waals surface area contributed by atoms with Crippen LogP contribution in [0.4, 0.5) is 5.13 Å². The molecular formula is C16H16N2O3S. The van der Waals surface area contributed by atoms with Gasteiger partial charge in [-0.15, -0.1) is 11.3 Å². The maximum absolute atomic E-state index is 12.5. The number of hydrogen-bond donors (Lipinski definition) is 1. The van der Waals surface area contributed by atoms with Gasteiger partial charge in [0, 0.05) is 22.9 Å². The van der Waals surface area contributed by atoms with E-state index in [1.165, 1.54) is 11.3 Å². The Balaban J connectivity index is 1.97. The molecule has 22 heavy (non-hydrogen) atoms. The molecule has 6 heteroatoms. The molecule has 1 N–H and O–H groups in total. The molecule has 3 aromatic rings. The third-order valence-electron chi connectivity index (χ3n) is 3.44. The van der Waals surface area contributed by atoms with Crippen molar-refractivity contribution in [1.29, 1.82) is 0 Å². The van der Waals surface area contributed by atoms with Gasteiger partial charge in [0.2, 0.25) is 0 Å². The number of ether oxygens (including phenoxy) is 1. The van der Waals surface area contributed by atoms with Crippen molar-refractivity contribution < 1.29 is 13.9 Å². The largest absolute Gasteiger partial charge is 0.451 e. The lowest BCUT2D eigenvalue weighted by atomic mass is 10.1. The molecule has 0 saturated heterocycles. The molecule has 0 bridgehead atoms. The second-order valence-corrected chi connectivity index (χ2v) is 6.16. The van der Waals surface area contributed by atoms with Gasteiger partial charge in [-0.05, 0) is 19.9 Å². The second-order valence-electron chi connectivity index (χ2n) is 4.95. The molecule has 0 unspecified atom stereocenters. The molecule has 0 aliphatic rings. The smallest absolute Gasteiger partial charge is 0.293 e. The van der Waals surface area contributed by atoms with Crippen LogP contribution in [0.25, 0.3) is 11.0 Å². The molecule has 2 aromatic heterocycles. The molecule has 0 spiro atoms. The van der Waals surface area contributed by atoms with E-state index in [4.69, 9.17) is 9.15 Å². The van der Waals surface area contributed by atoms with Crippen LogP contribution in [0.3, 0.4) is 0 Å². The predicted molar refractivity (Wildman–Crippen MR) is 86.5 cm³/mol. The Morgan fingerprint density at radius 2 is 2.14 bits per heavy atom. The van der Waals surface area contributed by atoms with Gasteiger partial charge in [0.1, 0.15) is 5.58 Å². The molecule has 0 fully saturated rings. The molecule has 0 aliphatic heterocycles. The number of anilines is 1. The van der Waals surface area contributed by atoms with E-state index < -0.39 is 0 Å². The Kier molecular flexibility index (Phi) is 3.96. The maximum Gasteiger partial charge on any atom is 0.293 e. The zero-order valence-electron chi connectivity index (χ0n) is 12.6. The number of aryl methyl sites for hydroxylation is 2. The lowest BCUT2D eigenvalue weighted by Gasteiger charge is -2.02. The number of thiazole rings is 1. The van der Waals surface area contributed by atoms with E-state index >= 15 is 0 Å². The number of amides is 1. The summed E-state index contributed by atoms with van der Waals surface area (Å²) >= 11 is 1.45. The van der Waals surface area contributed by atoms with Gasteiger partial charge in [-0.2, -0.15) is 0 Å². The number of nitrogens with zero attached hydrogens (tertiary/aromatic N) is 1. The van der Waals surface area contributed by atoms with E-state index in [2.05, 4.69) is 10.3 Å². The normalized spacial score (nSPS) is 11.0. The summed E-state index contributed by atoms with van der Waals surface area (Å²) < 4.78 is 10.9. The fourth-order valence-electron chi connectivity index (χ4n) is 2.25. The second kappa shape index (κ2) is 5.90. The Hall–Kier alpha value is -2.18. The monoisotopic (exact) mass is 316 g/mol. The van der Waals surface area contributed by atoms with Gasteiger partial charge in [-0.3, -0.25) is 10.1 Å². The average molecular weight is 316 g/mol. The van der Waals surface area contributed by atoms with Crippen molar-refractivity contribution in [2.24, 2.45) is 0 Å². The average Bonchev–Trinajstić information content (AvgIpc) is 3.01. The number of fused-ring (bicyclic) bond motifs is 1. The number of carbonyl (C=O) groups is 1. The molecule has 5 nitrogen and oxygen atoms in total. The third-order valence-corrected chi connectivity index (χ3v) is 4.43. The molecule has 2 heterocycles. The molecule has 0 aliphatic carbocycles. The standard InChI is InChI=1S/C16H16N2O3S/c1-9-10(2)22-16(17-9)18-15(19)14-12(8-20-3)11-6-4-5-7-13(11)21-14/h4-7H,8H2,1-3H3,(H,17,18,19). The Bertz CT molecular complexity index is 816. The maximum atomic E-state index is 12.5. The van der Waals surface area contributed by atoms with Crippen LogP contribution in [0.15, 0.2) is 28.7 Å². The first-order valence-electron chi connectivity index (χ1n) is 6.85. The van der Waals surface area contributed by atoms with Crippen molar-refractivity contribution in [2.75, 3.05) is 12.4 Å². The summed E-state index contributed by atoms with van der Waals surface area (Å²) in [4.78, 5) is 17.9. The van der Waals surface area contributed by atoms with Crippen molar-refractivity contribution in [2.45, 2.75) is 20.5 Å². The number of carbonyl (C=O) groups excluding carboxylic acids is 1. The van der Waals surface area contributed by atoms with E-state index in [0.717, 1.165) is 21.5 Å². The minimum atomic E-state index is -0.308. The van der Waals surface area contributed by atoms with Gasteiger partial charge in [0.15, 0.2) is 10.9 Å². The van der Waals surface area contributed by atoms with Gasteiger partial charge in [-0.1, -0.05) is 18.2 Å². The fourth-order valence-corrected chi connectivity index (χ4v) is 3.06. The molecule has 0 atom stereocenters. The van der Waals surface area contributed by atoms with E-state index in [1.54, 1.807) is 7.11 Å². The van der Waals surface area contributed by atoms with Gasteiger partial charge in [-0.25, -0.2) is 4.98 Å². The molecular weight excluding hydrogens is 300 g/mol. The van der Waals surface area contributed by atoms with Crippen molar-refractivity contribution in [1.82, 2.24) is 4.98 Å². The minimum Gasteiger partial charge on any atom is -0.451 e. The fraction of sp³-hybridized carbons (Fsp3) is 0.250. The summed E-state index contributed by atoms with van der Waals surface area (Å²) in [5, 5.41) is 4.26. The van der Waals surface area contributed by atoms with Gasteiger partial charge >= 0.3 is 0 Å². The Morgan fingerprint density at radius 3 is 2.82 bits per heavy atom. The van der Waals surface area contributed by atoms with E-state index in [9.17, 15) is 4.79 Å². The van der Waals surface area contributed by atoms with Gasteiger partial charge in [0.25, 0.3) is 5.91 Å². The van der Waals surface area contributed by atoms with E-state index in [-0.39, 0.29) is 11.7 Å². The zero-order chi connectivity index (χ0) is 15.7. The first-order chi connectivity index (χ1) is 10.6. The highest BCUT2D eigenvalue weighted by molar-refractivity contribution is 7.15. The molecule has 3 rings (SSSR count). The topological polar surface area (TPSA) is 64.4 Å². The predicted octanol–water partition coefficient (Wildman–Crippen LogP) is 3.90. The summed E-state index contributed by atoms with van der Waals surface area (Å²) in [6, 6.07) is 7.54. The van der Waals surface area contributed by atoms with E-state index in [0.29, 0.717) is 17.3 Å². The number of rotatable bonds is 4. The highest BCUT2D eigenvalue weighted by Gasteiger charge is 2.21. The lowest BCUT2D eigenvalue weighted by Crippen LogP contribution is -2.13. The molecule has 1 aromatic carbocycles. The molecule has 0 saturated carbocycles. The molecule has 114 valence electrons. The number of benzene rings is 1. The third kappa shape index (κ3) is 2.63. The first kappa shape index (κ1) is 14.7. The summed E-state index contributed by atoms with van der Waals surface area (Å²) in [7, 11) is 1.59. The summed E-state index contributed by atoms with van der Waals surface area (Å²) in [5.74, 6) is -0.0365. The summed E-state index contributed by atoms with van der Waals surface area (Å²) in [6.45, 7) is 4.20. The van der Waals surface area contributed by atoms with Crippen molar-refractivity contribution in [3.05, 3.63) is 46.2 Å². The highest BCUT2D eigenvalue weighted by atomic mass is 32.1. The zero-order valence-corrected chi connectivity index (χ0v) is 13.4. The van der Waals surface area contributed by atoms with Crippen LogP contribution in [0.5, 0.6) is 0 Å². The van der Waals surface area contributed by atoms with Gasteiger partial charge < -0.3 is 9.15 Å². The van der Waals surface area contributed by atoms with Crippen molar-refractivity contribution in [3.8, 4) is 0 Å². The van der Waals surface area contributed by atoms with Gasteiger partial charge in [0.05, 0.1) is 12.3 Å². The number of aromatic nitrogens is 1. The number of para-hydroxylation sites is 1. The molecule has 1 amide bonds. The number of methoxy groups -OCH3 is 1. The van der Waals surface area contributed by atoms with E-state index in [1.807, 2.05) is 38.1 Å². The summed E-state index contributed by atoms with van der Waals surface area (Å²) in [5.41, 5.74) is 2.34. The van der Waals surface area contributed by atoms with Crippen molar-refractivity contribution >= 4 is 33.3 Å². The molecule has 0 radical (unpaired) electrons. The Morgan fingerprint density at radius 1 is 1.36 bits per heavy atom. The lowest BCUT2D eigenvalue weighted by molar-refractivity contribution is 0.0992. The quantitative estimate of drug-likeness (QED) is 0.792. The van der Waals surface area contributed by atoms with Crippen LogP contribution in [-0.2, 0) is 11.3 Å². The van der Waals surface area contributed by atoms with Crippen LogP contribution in [0.2, 0.25) is 0 Å². The Labute approximate surface area is 131 Å². The van der Waals surface area contributed by atoms with Crippen LogP contribution in [0, 0.1) is 13.8 Å².